The van der Waals surface area contributed by atoms with Crippen LogP contribution in [0, 0.1) is 0 Å². The van der Waals surface area contributed by atoms with Crippen LogP contribution < -0.4 is 27.1 Å². The molecule has 1 amide bonds. The molecule has 9 heteroatoms. The Morgan fingerprint density at radius 2 is 1.94 bits per heavy atom. The number of anilines is 2. The zero-order valence-electron chi connectivity index (χ0n) is 10.5. The highest BCUT2D eigenvalue weighted by atomic mass is 16.5. The summed E-state index contributed by atoms with van der Waals surface area (Å²) >= 11 is 0. The number of ether oxygens (including phenoxy) is 1. The zero-order chi connectivity index (χ0) is 13.8. The van der Waals surface area contributed by atoms with Gasteiger partial charge in [0.25, 0.3) is 0 Å². The van der Waals surface area contributed by atoms with Gasteiger partial charge in [-0.3, -0.25) is 10.2 Å². The molecule has 18 heavy (non-hydrogen) atoms. The van der Waals surface area contributed by atoms with E-state index in [9.17, 15) is 4.79 Å². The predicted octanol–water partition coefficient (Wildman–Crippen LogP) is -0.768. The van der Waals surface area contributed by atoms with Crippen molar-refractivity contribution in [1.82, 2.24) is 15.0 Å². The first kappa shape index (κ1) is 13.9. The van der Waals surface area contributed by atoms with Gasteiger partial charge in [0.15, 0.2) is 0 Å². The Kier molecular flexibility index (Phi) is 4.21. The molecule has 0 aliphatic rings. The number of nitrogens with zero attached hydrogens (tertiary/aromatic N) is 3. The fourth-order valence-electron chi connectivity index (χ4n) is 1.35. The van der Waals surface area contributed by atoms with Gasteiger partial charge in [-0.05, 0) is 13.8 Å². The lowest BCUT2D eigenvalue weighted by Gasteiger charge is -2.24. The highest BCUT2D eigenvalue weighted by Gasteiger charge is 2.22. The van der Waals surface area contributed by atoms with Crippen LogP contribution in [0.1, 0.15) is 20.3 Å². The summed E-state index contributed by atoms with van der Waals surface area (Å²) in [5, 5.41) is 2.96. The van der Waals surface area contributed by atoms with Crippen LogP contribution in [0.25, 0.3) is 0 Å². The summed E-state index contributed by atoms with van der Waals surface area (Å²) < 4.78 is 4.90. The van der Waals surface area contributed by atoms with Crippen LogP contribution in [0.3, 0.4) is 0 Å². The molecule has 0 fully saturated rings. The number of hydrazine groups is 1. The van der Waals surface area contributed by atoms with E-state index in [0.717, 1.165) is 0 Å². The predicted molar refractivity (Wildman–Crippen MR) is 65.7 cm³/mol. The summed E-state index contributed by atoms with van der Waals surface area (Å²) in [6.45, 7) is 3.59. The van der Waals surface area contributed by atoms with Crippen molar-refractivity contribution in [2.75, 3.05) is 17.9 Å². The third kappa shape index (κ3) is 4.01. The van der Waals surface area contributed by atoms with Crippen LogP contribution in [0.2, 0.25) is 0 Å². The van der Waals surface area contributed by atoms with Gasteiger partial charge in [-0.2, -0.15) is 15.0 Å². The third-order valence-corrected chi connectivity index (χ3v) is 1.99. The molecule has 0 aliphatic heterocycles. The Balaban J connectivity index is 2.92. The Morgan fingerprint density at radius 1 is 1.33 bits per heavy atom. The third-order valence-electron chi connectivity index (χ3n) is 1.99. The Bertz CT molecular complexity index is 413. The van der Waals surface area contributed by atoms with Crippen LogP contribution in [-0.2, 0) is 4.79 Å². The van der Waals surface area contributed by atoms with E-state index in [1.54, 1.807) is 13.8 Å². The van der Waals surface area contributed by atoms with Crippen molar-refractivity contribution in [2.24, 2.45) is 11.6 Å². The summed E-state index contributed by atoms with van der Waals surface area (Å²) in [7, 11) is 1.42. The molecule has 1 aromatic heterocycles. The lowest BCUT2D eigenvalue weighted by molar-refractivity contribution is -0.118. The number of carbonyl (C=O) groups is 1. The van der Waals surface area contributed by atoms with Crippen molar-refractivity contribution in [1.29, 1.82) is 0 Å². The van der Waals surface area contributed by atoms with E-state index in [4.69, 9.17) is 16.3 Å². The number of nitrogens with two attached hydrogens (primary N) is 2. The zero-order valence-corrected chi connectivity index (χ0v) is 10.5. The first-order valence-corrected chi connectivity index (χ1v) is 5.19. The molecule has 0 radical (unpaired) electrons. The van der Waals surface area contributed by atoms with Gasteiger partial charge in [0, 0.05) is 12.0 Å². The number of rotatable bonds is 6. The van der Waals surface area contributed by atoms with Crippen LogP contribution >= 0.6 is 0 Å². The minimum atomic E-state index is -0.593. The average Bonchev–Trinajstić information content (AvgIpc) is 2.25. The molecule has 0 saturated carbocycles. The smallest absolute Gasteiger partial charge is 0.322 e. The van der Waals surface area contributed by atoms with Gasteiger partial charge in [-0.15, -0.1) is 0 Å². The van der Waals surface area contributed by atoms with E-state index in [2.05, 4.69) is 25.7 Å². The van der Waals surface area contributed by atoms with Crippen molar-refractivity contribution in [2.45, 2.75) is 25.8 Å². The van der Waals surface area contributed by atoms with E-state index in [0.29, 0.717) is 0 Å². The second-order valence-corrected chi connectivity index (χ2v) is 4.27. The van der Waals surface area contributed by atoms with Crippen molar-refractivity contribution >= 4 is 17.8 Å². The molecular weight excluding hydrogens is 238 g/mol. The van der Waals surface area contributed by atoms with Crippen molar-refractivity contribution in [3.05, 3.63) is 0 Å². The summed E-state index contributed by atoms with van der Waals surface area (Å²) in [6, 6.07) is 0.107. The second kappa shape index (κ2) is 5.45. The first-order chi connectivity index (χ1) is 8.36. The number of primary amides is 1. The highest BCUT2D eigenvalue weighted by Crippen LogP contribution is 2.17. The van der Waals surface area contributed by atoms with Crippen molar-refractivity contribution in [3.8, 4) is 6.01 Å². The number of nitrogen functional groups attached to an aromatic ring is 1. The van der Waals surface area contributed by atoms with Crippen molar-refractivity contribution < 1.29 is 9.53 Å². The van der Waals surface area contributed by atoms with Gasteiger partial charge in [0.05, 0.1) is 7.11 Å². The molecule has 0 saturated heterocycles. The summed E-state index contributed by atoms with van der Waals surface area (Å²) in [4.78, 5) is 22.8. The molecule has 0 spiro atoms. The van der Waals surface area contributed by atoms with Gasteiger partial charge in [0.2, 0.25) is 17.8 Å². The summed E-state index contributed by atoms with van der Waals surface area (Å²) in [5.74, 6) is 5.19. The van der Waals surface area contributed by atoms with Crippen LogP contribution in [0.15, 0.2) is 0 Å². The standard InChI is InChI=1S/C9H17N7O2/c1-9(2,4-5(10)17)15-6-12-7(16-11)14-8(13-6)18-3/h4,11H2,1-3H3,(H2,10,17)(H2,12,13,14,15,16). The number of aromatic nitrogens is 3. The van der Waals surface area contributed by atoms with E-state index in [1.807, 2.05) is 0 Å². The van der Waals surface area contributed by atoms with E-state index < -0.39 is 11.4 Å². The Hall–Kier alpha value is -2.16. The monoisotopic (exact) mass is 255 g/mol. The molecule has 1 rings (SSSR count). The average molecular weight is 255 g/mol. The molecule has 6 N–H and O–H groups in total. The largest absolute Gasteiger partial charge is 0.467 e. The number of nitrogens with one attached hydrogen (secondary N) is 2. The lowest BCUT2D eigenvalue weighted by Crippen LogP contribution is -2.36. The van der Waals surface area contributed by atoms with Crippen molar-refractivity contribution in [3.63, 3.8) is 0 Å². The van der Waals surface area contributed by atoms with Crippen LogP contribution in [-0.4, -0.2) is 33.5 Å². The molecule has 1 aromatic rings. The molecule has 0 aromatic carbocycles. The minimum Gasteiger partial charge on any atom is -0.467 e. The number of amides is 1. The van der Waals surface area contributed by atoms with E-state index in [-0.39, 0.29) is 24.3 Å². The van der Waals surface area contributed by atoms with E-state index >= 15 is 0 Å². The molecule has 100 valence electrons. The maximum atomic E-state index is 10.9. The molecule has 0 unspecified atom stereocenters. The van der Waals surface area contributed by atoms with E-state index in [1.165, 1.54) is 7.11 Å². The highest BCUT2D eigenvalue weighted by molar-refractivity contribution is 5.75. The maximum Gasteiger partial charge on any atom is 0.322 e. The normalized spacial score (nSPS) is 10.9. The molecule has 9 nitrogen and oxygen atoms in total. The van der Waals surface area contributed by atoms with Gasteiger partial charge < -0.3 is 15.8 Å². The number of hydrogen-bond acceptors (Lipinski definition) is 8. The fourth-order valence-corrected chi connectivity index (χ4v) is 1.35. The minimum absolute atomic E-state index is 0.107. The molecule has 0 bridgehead atoms. The summed E-state index contributed by atoms with van der Waals surface area (Å²) in [5.41, 5.74) is 6.86. The maximum absolute atomic E-state index is 10.9. The molecule has 1 heterocycles. The fraction of sp³-hybridized carbons (Fsp3) is 0.556. The molecule has 0 aliphatic carbocycles. The van der Waals surface area contributed by atoms with Gasteiger partial charge in [-0.25, -0.2) is 5.84 Å². The molecular formula is C9H17N7O2. The SMILES string of the molecule is COc1nc(NN)nc(NC(C)(C)CC(N)=O)n1. The number of methoxy groups -OCH3 is 1. The topological polar surface area (TPSA) is 141 Å². The Labute approximate surface area is 104 Å². The quantitative estimate of drug-likeness (QED) is 0.383. The number of carbonyl (C=O) groups excluding carboxylic acids is 1. The second-order valence-electron chi connectivity index (χ2n) is 4.27. The number of hydrogen-bond donors (Lipinski definition) is 4. The Morgan fingerprint density at radius 3 is 2.44 bits per heavy atom. The molecule has 0 atom stereocenters. The van der Waals surface area contributed by atoms with Crippen LogP contribution in [0.4, 0.5) is 11.9 Å². The van der Waals surface area contributed by atoms with Gasteiger partial charge in [-0.1, -0.05) is 0 Å². The summed E-state index contributed by atoms with van der Waals surface area (Å²) in [6.07, 6.45) is 0.131. The van der Waals surface area contributed by atoms with Crippen LogP contribution in [0.5, 0.6) is 6.01 Å². The lowest BCUT2D eigenvalue weighted by atomic mass is 10.0. The van der Waals surface area contributed by atoms with Gasteiger partial charge >= 0.3 is 6.01 Å². The van der Waals surface area contributed by atoms with Gasteiger partial charge in [0.1, 0.15) is 0 Å². The first-order valence-electron chi connectivity index (χ1n) is 5.19.